The normalized spacial score (nSPS) is 26.4. The van der Waals surface area contributed by atoms with E-state index in [1.165, 1.54) is 5.56 Å². The number of carbonyl (C=O) groups excluding carboxylic acids is 1. The second kappa shape index (κ2) is 6.12. The maximum atomic E-state index is 13.7. The van der Waals surface area contributed by atoms with Gasteiger partial charge in [0.25, 0.3) is 0 Å². The van der Waals surface area contributed by atoms with E-state index in [2.05, 4.69) is 38.2 Å². The first-order valence-electron chi connectivity index (χ1n) is 10.5. The molecular weight excluding hydrogens is 358 g/mol. The third-order valence-electron chi connectivity index (χ3n) is 7.87. The van der Waals surface area contributed by atoms with Gasteiger partial charge in [0.15, 0.2) is 0 Å². The van der Waals surface area contributed by atoms with Crippen molar-refractivity contribution >= 4 is 16.9 Å². The Morgan fingerprint density at radius 3 is 2.21 bits per heavy atom. The Bertz CT molecular complexity index is 1110. The standard InChI is InChI=1S/C25H27N3O/c1-23(2)24(3)14-15-25(23,22(29)26-16-13-17-9-5-4-6-10-17)21-20(24)27-18-11-7-8-12-19(18)28-21/h4-12H,13-16H2,1-3H3,(H,26,29)/t24-,25+/m1/s1. The third kappa shape index (κ3) is 2.29. The van der Waals surface area contributed by atoms with Crippen LogP contribution in [0, 0.1) is 5.41 Å². The zero-order valence-corrected chi connectivity index (χ0v) is 17.3. The van der Waals surface area contributed by atoms with Gasteiger partial charge in [-0.2, -0.15) is 0 Å². The van der Waals surface area contributed by atoms with Crippen molar-refractivity contribution in [3.05, 3.63) is 71.5 Å². The topological polar surface area (TPSA) is 54.9 Å². The van der Waals surface area contributed by atoms with Gasteiger partial charge in [-0.3, -0.25) is 4.79 Å². The molecule has 4 heteroatoms. The lowest BCUT2D eigenvalue weighted by atomic mass is 9.63. The molecular formula is C25H27N3O. The number of hydrogen-bond acceptors (Lipinski definition) is 3. The van der Waals surface area contributed by atoms with Crippen LogP contribution in [-0.2, 0) is 22.0 Å². The molecule has 2 aromatic carbocycles. The first-order valence-corrected chi connectivity index (χ1v) is 10.5. The number of benzene rings is 2. The molecule has 3 aromatic rings. The average Bonchev–Trinajstić information content (AvgIpc) is 3.02. The van der Waals surface area contributed by atoms with E-state index in [0.29, 0.717) is 6.54 Å². The van der Waals surface area contributed by atoms with Gasteiger partial charge in [0, 0.05) is 12.0 Å². The van der Waals surface area contributed by atoms with Crippen LogP contribution in [0.15, 0.2) is 54.6 Å². The third-order valence-corrected chi connectivity index (χ3v) is 7.87. The van der Waals surface area contributed by atoms with E-state index in [1.807, 2.05) is 42.5 Å². The van der Waals surface area contributed by atoms with Crippen molar-refractivity contribution < 1.29 is 4.79 Å². The number of aromatic nitrogens is 2. The molecule has 2 atom stereocenters. The molecule has 1 heterocycles. The summed E-state index contributed by atoms with van der Waals surface area (Å²) in [6, 6.07) is 18.3. The second-order valence-electron chi connectivity index (χ2n) is 9.26. The van der Waals surface area contributed by atoms with E-state index in [4.69, 9.17) is 9.97 Å². The number of amides is 1. The highest BCUT2D eigenvalue weighted by Crippen LogP contribution is 2.70. The Morgan fingerprint density at radius 2 is 1.52 bits per heavy atom. The zero-order valence-electron chi connectivity index (χ0n) is 17.3. The minimum Gasteiger partial charge on any atom is -0.355 e. The smallest absolute Gasteiger partial charge is 0.232 e. The Kier molecular flexibility index (Phi) is 3.86. The van der Waals surface area contributed by atoms with Gasteiger partial charge in [-0.1, -0.05) is 63.2 Å². The monoisotopic (exact) mass is 385 g/mol. The van der Waals surface area contributed by atoms with Crippen LogP contribution in [0.3, 0.4) is 0 Å². The molecule has 0 aliphatic heterocycles. The summed E-state index contributed by atoms with van der Waals surface area (Å²) in [6.07, 6.45) is 2.62. The largest absolute Gasteiger partial charge is 0.355 e. The van der Waals surface area contributed by atoms with Crippen LogP contribution in [0.1, 0.15) is 50.6 Å². The fourth-order valence-electron chi connectivity index (χ4n) is 5.67. The molecule has 29 heavy (non-hydrogen) atoms. The zero-order chi connectivity index (χ0) is 20.3. The minimum absolute atomic E-state index is 0.102. The summed E-state index contributed by atoms with van der Waals surface area (Å²) in [4.78, 5) is 23.7. The summed E-state index contributed by atoms with van der Waals surface area (Å²) in [5, 5.41) is 3.25. The van der Waals surface area contributed by atoms with Gasteiger partial charge < -0.3 is 5.32 Å². The summed E-state index contributed by atoms with van der Waals surface area (Å²) in [7, 11) is 0. The number of hydrogen-bond donors (Lipinski definition) is 1. The predicted molar refractivity (Wildman–Crippen MR) is 115 cm³/mol. The summed E-state index contributed by atoms with van der Waals surface area (Å²) in [5.41, 5.74) is 3.93. The fourth-order valence-corrected chi connectivity index (χ4v) is 5.67. The van der Waals surface area contributed by atoms with Crippen molar-refractivity contribution in [2.24, 2.45) is 5.41 Å². The van der Waals surface area contributed by atoms with E-state index < -0.39 is 5.41 Å². The summed E-state index contributed by atoms with van der Waals surface area (Å²) in [6.45, 7) is 7.35. The molecule has 148 valence electrons. The molecule has 0 saturated heterocycles. The highest BCUT2D eigenvalue weighted by Gasteiger charge is 2.73. The molecule has 2 aliphatic rings. The van der Waals surface area contributed by atoms with E-state index in [-0.39, 0.29) is 16.7 Å². The number of para-hydroxylation sites is 2. The molecule has 1 amide bonds. The second-order valence-corrected chi connectivity index (χ2v) is 9.26. The molecule has 1 fully saturated rings. The summed E-state index contributed by atoms with van der Waals surface area (Å²) >= 11 is 0. The van der Waals surface area contributed by atoms with E-state index in [9.17, 15) is 4.79 Å². The van der Waals surface area contributed by atoms with Crippen LogP contribution >= 0.6 is 0 Å². The molecule has 5 rings (SSSR count). The van der Waals surface area contributed by atoms with Crippen LogP contribution < -0.4 is 5.32 Å². The fraction of sp³-hybridized carbons (Fsp3) is 0.400. The van der Waals surface area contributed by atoms with Crippen molar-refractivity contribution in [1.29, 1.82) is 0 Å². The SMILES string of the molecule is CC1(C)[C@]2(C)CC[C@@]1(C(=O)NCCc1ccccc1)c1nc3ccccc3nc12. The van der Waals surface area contributed by atoms with E-state index >= 15 is 0 Å². The average molecular weight is 386 g/mol. The van der Waals surface area contributed by atoms with Crippen LogP contribution in [0.25, 0.3) is 11.0 Å². The van der Waals surface area contributed by atoms with Gasteiger partial charge in [-0.05, 0) is 42.4 Å². The molecule has 0 unspecified atom stereocenters. The van der Waals surface area contributed by atoms with E-state index in [1.54, 1.807) is 0 Å². The Labute approximate surface area is 171 Å². The van der Waals surface area contributed by atoms with Gasteiger partial charge in [-0.25, -0.2) is 9.97 Å². The maximum Gasteiger partial charge on any atom is 0.232 e. The van der Waals surface area contributed by atoms with Crippen molar-refractivity contribution in [1.82, 2.24) is 15.3 Å². The number of nitrogens with zero attached hydrogens (tertiary/aromatic N) is 2. The Balaban J connectivity index is 1.53. The van der Waals surface area contributed by atoms with Crippen LogP contribution in [0.4, 0.5) is 0 Å². The van der Waals surface area contributed by atoms with Crippen molar-refractivity contribution in [2.75, 3.05) is 6.54 Å². The molecule has 4 nitrogen and oxygen atoms in total. The molecule has 1 saturated carbocycles. The quantitative estimate of drug-likeness (QED) is 0.728. The lowest BCUT2D eigenvalue weighted by Gasteiger charge is -2.39. The number of nitrogens with one attached hydrogen (secondary N) is 1. The summed E-state index contributed by atoms with van der Waals surface area (Å²) < 4.78 is 0. The molecule has 0 radical (unpaired) electrons. The molecule has 1 N–H and O–H groups in total. The highest BCUT2D eigenvalue weighted by atomic mass is 16.2. The van der Waals surface area contributed by atoms with Gasteiger partial charge in [0.2, 0.25) is 5.91 Å². The predicted octanol–water partition coefficient (Wildman–Crippen LogP) is 4.32. The van der Waals surface area contributed by atoms with Gasteiger partial charge >= 0.3 is 0 Å². The lowest BCUT2D eigenvalue weighted by molar-refractivity contribution is -0.130. The van der Waals surface area contributed by atoms with Gasteiger partial charge in [-0.15, -0.1) is 0 Å². The van der Waals surface area contributed by atoms with Crippen molar-refractivity contribution in [3.8, 4) is 0 Å². The van der Waals surface area contributed by atoms with Crippen molar-refractivity contribution in [3.63, 3.8) is 0 Å². The van der Waals surface area contributed by atoms with Crippen molar-refractivity contribution in [2.45, 2.75) is 50.9 Å². The Morgan fingerprint density at radius 1 is 0.897 bits per heavy atom. The van der Waals surface area contributed by atoms with Gasteiger partial charge in [0.1, 0.15) is 0 Å². The van der Waals surface area contributed by atoms with Gasteiger partial charge in [0.05, 0.1) is 27.8 Å². The number of fused-ring (bicyclic) bond motifs is 6. The first-order chi connectivity index (χ1) is 13.9. The minimum atomic E-state index is -0.620. The van der Waals surface area contributed by atoms with Crippen LogP contribution in [0.5, 0.6) is 0 Å². The first kappa shape index (κ1) is 18.3. The Hall–Kier alpha value is -2.75. The van der Waals surface area contributed by atoms with E-state index in [0.717, 1.165) is 41.7 Å². The maximum absolute atomic E-state index is 13.7. The molecule has 0 spiro atoms. The molecule has 2 aliphatic carbocycles. The highest BCUT2D eigenvalue weighted by molar-refractivity contribution is 5.92. The number of rotatable bonds is 4. The lowest BCUT2D eigenvalue weighted by Crippen LogP contribution is -2.51. The molecule has 1 aromatic heterocycles. The van der Waals surface area contributed by atoms with Crippen LogP contribution in [0.2, 0.25) is 0 Å². The molecule has 2 bridgehead atoms. The number of carbonyl (C=O) groups is 1. The van der Waals surface area contributed by atoms with Crippen LogP contribution in [-0.4, -0.2) is 22.4 Å². The summed E-state index contributed by atoms with van der Waals surface area (Å²) in [5.74, 6) is 0.102.